The summed E-state index contributed by atoms with van der Waals surface area (Å²) in [5.41, 5.74) is 0. The Hall–Kier alpha value is -0.730. The number of aliphatic hydroxyl groups is 1. The van der Waals surface area contributed by atoms with E-state index in [1.54, 1.807) is 6.92 Å². The lowest BCUT2D eigenvalue weighted by atomic mass is 10.3. The molecule has 13 heavy (non-hydrogen) atoms. The minimum absolute atomic E-state index is 0.0350. The van der Waals surface area contributed by atoms with E-state index in [1.807, 2.05) is 13.0 Å². The Bertz CT molecular complexity index is 201. The van der Waals surface area contributed by atoms with Gasteiger partial charge in [-0.1, -0.05) is 6.92 Å². The number of nitriles is 1. The Labute approximate surface area is 82.3 Å². The van der Waals surface area contributed by atoms with Crippen LogP contribution in [0, 0.1) is 11.3 Å². The number of thioether (sulfide) groups is 1. The second-order valence-electron chi connectivity index (χ2n) is 2.69. The van der Waals surface area contributed by atoms with Gasteiger partial charge in [0.05, 0.1) is 17.9 Å². The minimum Gasteiger partial charge on any atom is -0.392 e. The topological polar surface area (TPSA) is 73.1 Å². The molecule has 0 saturated heterocycles. The number of rotatable bonds is 5. The lowest BCUT2D eigenvalue weighted by Gasteiger charge is -2.12. The second kappa shape index (κ2) is 6.75. The van der Waals surface area contributed by atoms with Crippen LogP contribution in [0.2, 0.25) is 0 Å². The molecule has 0 spiro atoms. The van der Waals surface area contributed by atoms with Crippen LogP contribution in [0.5, 0.6) is 0 Å². The molecule has 2 atom stereocenters. The molecular formula is C8H14N2O2S. The summed E-state index contributed by atoms with van der Waals surface area (Å²) >= 11 is 1.37. The Morgan fingerprint density at radius 3 is 2.77 bits per heavy atom. The van der Waals surface area contributed by atoms with E-state index in [0.717, 1.165) is 0 Å². The monoisotopic (exact) mass is 202 g/mol. The first kappa shape index (κ1) is 12.3. The first-order chi connectivity index (χ1) is 6.07. The van der Waals surface area contributed by atoms with Crippen LogP contribution in [-0.4, -0.2) is 34.7 Å². The summed E-state index contributed by atoms with van der Waals surface area (Å²) in [6, 6.07) is 1.82. The fourth-order valence-corrected chi connectivity index (χ4v) is 1.33. The Morgan fingerprint density at radius 2 is 2.31 bits per heavy atom. The van der Waals surface area contributed by atoms with Crippen LogP contribution in [0.3, 0.4) is 0 Å². The standard InChI is InChI=1S/C8H14N2O2S/c1-6(11)7(2)13-5-8(12)10-4-3-9/h6-7,11H,4-5H2,1-2H3,(H,10,12). The molecule has 2 unspecified atom stereocenters. The Morgan fingerprint density at radius 1 is 1.69 bits per heavy atom. The molecule has 0 bridgehead atoms. The van der Waals surface area contributed by atoms with Crippen LogP contribution in [-0.2, 0) is 4.79 Å². The normalized spacial score (nSPS) is 14.3. The van der Waals surface area contributed by atoms with E-state index in [0.29, 0.717) is 0 Å². The number of aliphatic hydroxyl groups excluding tert-OH is 1. The molecular weight excluding hydrogens is 188 g/mol. The summed E-state index contributed by atoms with van der Waals surface area (Å²) in [7, 11) is 0. The molecule has 0 aliphatic rings. The summed E-state index contributed by atoms with van der Waals surface area (Å²) < 4.78 is 0. The van der Waals surface area contributed by atoms with E-state index in [1.165, 1.54) is 11.8 Å². The molecule has 0 aliphatic heterocycles. The highest BCUT2D eigenvalue weighted by Crippen LogP contribution is 2.13. The zero-order valence-corrected chi connectivity index (χ0v) is 8.60. The molecule has 0 aromatic rings. The van der Waals surface area contributed by atoms with Crippen molar-refractivity contribution in [3.8, 4) is 6.07 Å². The summed E-state index contributed by atoms with van der Waals surface area (Å²) in [5, 5.41) is 19.7. The van der Waals surface area contributed by atoms with E-state index in [9.17, 15) is 4.79 Å². The summed E-state index contributed by atoms with van der Waals surface area (Å²) in [6.07, 6.45) is -0.422. The van der Waals surface area contributed by atoms with Gasteiger partial charge in [0.25, 0.3) is 0 Å². The van der Waals surface area contributed by atoms with Gasteiger partial charge in [-0.25, -0.2) is 0 Å². The molecule has 0 heterocycles. The highest BCUT2D eigenvalue weighted by molar-refractivity contribution is 8.00. The zero-order valence-electron chi connectivity index (χ0n) is 7.78. The third-order valence-corrected chi connectivity index (χ3v) is 2.87. The molecule has 0 fully saturated rings. The predicted molar refractivity (Wildman–Crippen MR) is 52.2 cm³/mol. The van der Waals surface area contributed by atoms with Crippen LogP contribution in [0.1, 0.15) is 13.8 Å². The SMILES string of the molecule is CC(O)C(C)SCC(=O)NCC#N. The quantitative estimate of drug-likeness (QED) is 0.621. The Kier molecular flexibility index (Phi) is 6.37. The molecule has 0 saturated carbocycles. The van der Waals surface area contributed by atoms with Gasteiger partial charge in [0.15, 0.2) is 0 Å². The number of carbonyl (C=O) groups is 1. The molecule has 4 nitrogen and oxygen atoms in total. The third-order valence-electron chi connectivity index (χ3n) is 1.52. The molecule has 0 aromatic heterocycles. The number of carbonyl (C=O) groups excluding carboxylic acids is 1. The van der Waals surface area contributed by atoms with Gasteiger partial charge >= 0.3 is 0 Å². The van der Waals surface area contributed by atoms with Crippen LogP contribution in [0.4, 0.5) is 0 Å². The second-order valence-corrected chi connectivity index (χ2v) is 4.06. The summed E-state index contributed by atoms with van der Waals surface area (Å²) in [4.78, 5) is 11.0. The lowest BCUT2D eigenvalue weighted by Crippen LogP contribution is -2.27. The highest BCUT2D eigenvalue weighted by Gasteiger charge is 2.10. The van der Waals surface area contributed by atoms with E-state index in [-0.39, 0.29) is 23.5 Å². The molecule has 74 valence electrons. The minimum atomic E-state index is -0.422. The first-order valence-corrected chi connectivity index (χ1v) is 5.06. The van der Waals surface area contributed by atoms with Gasteiger partial charge in [0.2, 0.25) is 5.91 Å². The van der Waals surface area contributed by atoms with Crippen molar-refractivity contribution in [2.75, 3.05) is 12.3 Å². The maximum atomic E-state index is 11.0. The average molecular weight is 202 g/mol. The van der Waals surface area contributed by atoms with E-state index in [4.69, 9.17) is 10.4 Å². The van der Waals surface area contributed by atoms with Crippen LogP contribution < -0.4 is 5.32 Å². The van der Waals surface area contributed by atoms with Crippen molar-refractivity contribution < 1.29 is 9.90 Å². The average Bonchev–Trinajstić information content (AvgIpc) is 2.10. The predicted octanol–water partition coefficient (Wildman–Crippen LogP) is 0.129. The van der Waals surface area contributed by atoms with E-state index >= 15 is 0 Å². The molecule has 0 rings (SSSR count). The van der Waals surface area contributed by atoms with Crippen molar-refractivity contribution in [2.45, 2.75) is 25.2 Å². The van der Waals surface area contributed by atoms with Gasteiger partial charge in [0, 0.05) is 5.25 Å². The highest BCUT2D eigenvalue weighted by atomic mass is 32.2. The zero-order chi connectivity index (χ0) is 10.3. The van der Waals surface area contributed by atoms with Gasteiger partial charge < -0.3 is 10.4 Å². The van der Waals surface area contributed by atoms with Gasteiger partial charge in [-0.3, -0.25) is 4.79 Å². The van der Waals surface area contributed by atoms with Gasteiger partial charge in [-0.15, -0.1) is 11.8 Å². The number of nitrogens with one attached hydrogen (secondary N) is 1. The van der Waals surface area contributed by atoms with E-state index in [2.05, 4.69) is 5.32 Å². The maximum Gasteiger partial charge on any atom is 0.230 e. The fraction of sp³-hybridized carbons (Fsp3) is 0.750. The van der Waals surface area contributed by atoms with Crippen molar-refractivity contribution in [1.82, 2.24) is 5.32 Å². The van der Waals surface area contributed by atoms with Gasteiger partial charge in [-0.2, -0.15) is 5.26 Å². The fourth-order valence-electron chi connectivity index (χ4n) is 0.536. The van der Waals surface area contributed by atoms with Gasteiger partial charge in [0.1, 0.15) is 6.54 Å². The first-order valence-electron chi connectivity index (χ1n) is 4.01. The van der Waals surface area contributed by atoms with Crippen molar-refractivity contribution in [2.24, 2.45) is 0 Å². The third kappa shape index (κ3) is 6.43. The molecule has 0 aliphatic carbocycles. The van der Waals surface area contributed by atoms with Crippen molar-refractivity contribution in [3.63, 3.8) is 0 Å². The smallest absolute Gasteiger partial charge is 0.230 e. The van der Waals surface area contributed by atoms with Crippen molar-refractivity contribution >= 4 is 17.7 Å². The molecule has 1 amide bonds. The number of hydrogen-bond acceptors (Lipinski definition) is 4. The Balaban J connectivity index is 3.53. The van der Waals surface area contributed by atoms with Crippen molar-refractivity contribution in [3.05, 3.63) is 0 Å². The van der Waals surface area contributed by atoms with Crippen LogP contribution in [0.15, 0.2) is 0 Å². The summed E-state index contributed by atoms with van der Waals surface area (Å²) in [5.74, 6) is 0.118. The van der Waals surface area contributed by atoms with Crippen molar-refractivity contribution in [1.29, 1.82) is 5.26 Å². The molecule has 0 aromatic carbocycles. The number of hydrogen-bond donors (Lipinski definition) is 2. The maximum absolute atomic E-state index is 11.0. The molecule has 2 N–H and O–H groups in total. The summed E-state index contributed by atoms with van der Waals surface area (Å²) in [6.45, 7) is 3.58. The number of amides is 1. The van der Waals surface area contributed by atoms with Crippen LogP contribution in [0.25, 0.3) is 0 Å². The molecule has 5 heteroatoms. The number of nitrogens with zero attached hydrogens (tertiary/aromatic N) is 1. The van der Waals surface area contributed by atoms with Gasteiger partial charge in [-0.05, 0) is 6.92 Å². The molecule has 0 radical (unpaired) electrons. The largest absolute Gasteiger partial charge is 0.392 e. The lowest BCUT2D eigenvalue weighted by molar-refractivity contribution is -0.118. The van der Waals surface area contributed by atoms with E-state index < -0.39 is 6.10 Å². The van der Waals surface area contributed by atoms with Crippen LogP contribution >= 0.6 is 11.8 Å².